The second-order valence-electron chi connectivity index (χ2n) is 10.0. The van der Waals surface area contributed by atoms with Crippen LogP contribution in [0.5, 0.6) is 0 Å². The highest BCUT2D eigenvalue weighted by atomic mass is 16.5. The molecule has 1 N–H and O–H groups in total. The third kappa shape index (κ3) is 5.57. The Morgan fingerprint density at radius 3 is 2.31 bits per heavy atom. The van der Waals surface area contributed by atoms with E-state index in [1.807, 2.05) is 30.5 Å². The summed E-state index contributed by atoms with van der Waals surface area (Å²) in [7, 11) is 0. The van der Waals surface area contributed by atoms with E-state index in [0.717, 1.165) is 62.8 Å². The van der Waals surface area contributed by atoms with Crippen LogP contribution < -0.4 is 4.90 Å². The monoisotopic (exact) mass is 490 g/mol. The predicted octanol–water partition coefficient (Wildman–Crippen LogP) is 3.63. The number of nitrogens with zero attached hydrogens (tertiary/aromatic N) is 6. The Hall–Kier alpha value is -3.30. The zero-order chi connectivity index (χ0) is 25.1. The van der Waals surface area contributed by atoms with Gasteiger partial charge in [-0.25, -0.2) is 4.98 Å². The molecule has 2 fully saturated rings. The number of rotatable bonds is 7. The van der Waals surface area contributed by atoms with Gasteiger partial charge in [-0.2, -0.15) is 4.98 Å². The molecule has 1 aromatic carbocycles. The molecule has 5 rings (SSSR count). The number of aromatic nitrogens is 3. The van der Waals surface area contributed by atoms with E-state index < -0.39 is 5.97 Å². The third-order valence-corrected chi connectivity index (χ3v) is 7.34. The number of aliphatic carboxylic acids is 1. The quantitative estimate of drug-likeness (QED) is 0.532. The van der Waals surface area contributed by atoms with Gasteiger partial charge in [0.1, 0.15) is 5.82 Å². The molecule has 0 radical (unpaired) electrons. The van der Waals surface area contributed by atoms with E-state index in [9.17, 15) is 9.90 Å². The van der Waals surface area contributed by atoms with Crippen molar-refractivity contribution in [3.05, 3.63) is 48.2 Å². The van der Waals surface area contributed by atoms with Crippen molar-refractivity contribution < 1.29 is 14.4 Å². The summed E-state index contributed by atoms with van der Waals surface area (Å²) in [6.07, 6.45) is 3.24. The maximum Gasteiger partial charge on any atom is 0.306 e. The summed E-state index contributed by atoms with van der Waals surface area (Å²) in [6.45, 7) is 11.0. The van der Waals surface area contributed by atoms with Gasteiger partial charge in [0, 0.05) is 56.1 Å². The van der Waals surface area contributed by atoms with E-state index in [-0.39, 0.29) is 5.92 Å². The fraction of sp³-hybridized carbons (Fsp3) is 0.481. The van der Waals surface area contributed by atoms with Crippen molar-refractivity contribution in [3.63, 3.8) is 0 Å². The first-order valence-electron chi connectivity index (χ1n) is 12.8. The van der Waals surface area contributed by atoms with Gasteiger partial charge in [0.05, 0.1) is 5.92 Å². The summed E-state index contributed by atoms with van der Waals surface area (Å²) in [5.74, 6) is 1.10. The fourth-order valence-electron chi connectivity index (χ4n) is 4.98. The van der Waals surface area contributed by atoms with E-state index in [4.69, 9.17) is 4.52 Å². The number of hydrogen-bond acceptors (Lipinski definition) is 8. The molecule has 0 atom stereocenters. The zero-order valence-corrected chi connectivity index (χ0v) is 21.0. The molecule has 2 aliphatic heterocycles. The molecule has 190 valence electrons. The lowest BCUT2D eigenvalue weighted by atomic mass is 9.97. The van der Waals surface area contributed by atoms with Crippen LogP contribution >= 0.6 is 0 Å². The fourth-order valence-corrected chi connectivity index (χ4v) is 4.98. The highest BCUT2D eigenvalue weighted by molar-refractivity contribution is 5.70. The Morgan fingerprint density at radius 1 is 1.00 bits per heavy atom. The van der Waals surface area contributed by atoms with Crippen LogP contribution in [0, 0.1) is 5.92 Å². The van der Waals surface area contributed by atoms with Crippen LogP contribution in [0.3, 0.4) is 0 Å². The number of carboxylic acids is 1. The minimum atomic E-state index is -0.676. The summed E-state index contributed by atoms with van der Waals surface area (Å²) in [5, 5.41) is 13.3. The number of benzene rings is 1. The van der Waals surface area contributed by atoms with Gasteiger partial charge in [-0.1, -0.05) is 17.3 Å². The average Bonchev–Trinajstić information content (AvgIpc) is 3.40. The van der Waals surface area contributed by atoms with Crippen LogP contribution in [0.25, 0.3) is 22.8 Å². The van der Waals surface area contributed by atoms with Crippen molar-refractivity contribution in [2.45, 2.75) is 39.3 Å². The molecule has 9 heteroatoms. The topological polar surface area (TPSA) is 98.8 Å². The number of piperidine rings is 1. The van der Waals surface area contributed by atoms with Crippen molar-refractivity contribution in [2.75, 3.05) is 44.2 Å². The Labute approximate surface area is 211 Å². The molecular formula is C27H34N6O3. The van der Waals surface area contributed by atoms with Crippen molar-refractivity contribution in [1.29, 1.82) is 0 Å². The summed E-state index contributed by atoms with van der Waals surface area (Å²) < 4.78 is 5.54. The van der Waals surface area contributed by atoms with Gasteiger partial charge in [0.2, 0.25) is 5.82 Å². The molecule has 4 heterocycles. The molecule has 36 heavy (non-hydrogen) atoms. The van der Waals surface area contributed by atoms with Crippen molar-refractivity contribution >= 4 is 11.8 Å². The highest BCUT2D eigenvalue weighted by Gasteiger charge is 2.24. The summed E-state index contributed by atoms with van der Waals surface area (Å²) in [6, 6.07) is 12.7. The summed E-state index contributed by atoms with van der Waals surface area (Å²) in [5.41, 5.74) is 2.88. The Balaban J connectivity index is 1.18. The molecule has 0 aliphatic carbocycles. The van der Waals surface area contributed by atoms with Gasteiger partial charge in [-0.05, 0) is 69.6 Å². The first-order chi connectivity index (χ1) is 17.5. The average molecular weight is 491 g/mol. The van der Waals surface area contributed by atoms with Crippen molar-refractivity contribution in [2.24, 2.45) is 5.92 Å². The second-order valence-corrected chi connectivity index (χ2v) is 10.0. The Kier molecular flexibility index (Phi) is 7.29. The molecular weight excluding hydrogens is 456 g/mol. The minimum Gasteiger partial charge on any atom is -0.481 e. The summed E-state index contributed by atoms with van der Waals surface area (Å²) in [4.78, 5) is 27.5. The molecule has 0 unspecified atom stereocenters. The number of pyridine rings is 1. The van der Waals surface area contributed by atoms with Gasteiger partial charge in [0.15, 0.2) is 0 Å². The molecule has 0 amide bonds. The van der Waals surface area contributed by atoms with Gasteiger partial charge in [-0.3, -0.25) is 14.6 Å². The lowest BCUT2D eigenvalue weighted by molar-refractivity contribution is -0.143. The van der Waals surface area contributed by atoms with Crippen LogP contribution in [0.1, 0.15) is 32.3 Å². The lowest BCUT2D eigenvalue weighted by Crippen LogP contribution is -2.49. The van der Waals surface area contributed by atoms with Gasteiger partial charge in [-0.15, -0.1) is 0 Å². The van der Waals surface area contributed by atoms with E-state index in [2.05, 4.69) is 55.8 Å². The van der Waals surface area contributed by atoms with E-state index in [1.54, 1.807) is 0 Å². The first-order valence-corrected chi connectivity index (χ1v) is 12.8. The largest absolute Gasteiger partial charge is 0.481 e. The van der Waals surface area contributed by atoms with Crippen LogP contribution in [0.2, 0.25) is 0 Å². The van der Waals surface area contributed by atoms with E-state index in [0.29, 0.717) is 30.6 Å². The van der Waals surface area contributed by atoms with Crippen LogP contribution in [0.15, 0.2) is 47.1 Å². The first kappa shape index (κ1) is 24.4. The second kappa shape index (κ2) is 10.8. The summed E-state index contributed by atoms with van der Waals surface area (Å²) >= 11 is 0. The van der Waals surface area contributed by atoms with Crippen LogP contribution in [-0.2, 0) is 11.3 Å². The number of anilines is 1. The lowest BCUT2D eigenvalue weighted by Gasteiger charge is -2.37. The molecule has 2 saturated heterocycles. The number of carbonyl (C=O) groups is 1. The maximum absolute atomic E-state index is 11.1. The Bertz CT molecular complexity index is 1150. The number of likely N-dealkylation sites (tertiary alicyclic amines) is 1. The standard InChI is InChI=1S/C27H34N6O3/c1-19(2)32-13-15-33(16-14-32)24-8-7-23(17-28-24)25-29-26(36-30-25)21-5-3-20(4-6-21)18-31-11-9-22(10-12-31)27(34)35/h3-8,17,19,22H,9-16,18H2,1-2H3,(H,34,35). The van der Waals surface area contributed by atoms with Crippen LogP contribution in [-0.4, -0.2) is 81.3 Å². The molecule has 9 nitrogen and oxygen atoms in total. The number of carboxylic acid groups (broad SMARTS) is 1. The normalized spacial score (nSPS) is 18.1. The number of piperazine rings is 1. The van der Waals surface area contributed by atoms with Crippen molar-refractivity contribution in [3.8, 4) is 22.8 Å². The third-order valence-electron chi connectivity index (χ3n) is 7.34. The SMILES string of the molecule is CC(C)N1CCN(c2ccc(-c3noc(-c4ccc(CN5CCC(C(=O)O)CC5)cc4)n3)cn2)CC1. The van der Waals surface area contributed by atoms with Gasteiger partial charge >= 0.3 is 5.97 Å². The van der Waals surface area contributed by atoms with Crippen LogP contribution in [0.4, 0.5) is 5.82 Å². The smallest absolute Gasteiger partial charge is 0.306 e. The molecule has 0 saturated carbocycles. The van der Waals surface area contributed by atoms with E-state index >= 15 is 0 Å². The zero-order valence-electron chi connectivity index (χ0n) is 21.0. The molecule has 0 bridgehead atoms. The Morgan fingerprint density at radius 2 is 1.69 bits per heavy atom. The van der Waals surface area contributed by atoms with Crippen molar-refractivity contribution in [1.82, 2.24) is 24.9 Å². The number of hydrogen-bond donors (Lipinski definition) is 1. The molecule has 3 aromatic rings. The minimum absolute atomic E-state index is 0.206. The van der Waals surface area contributed by atoms with E-state index in [1.165, 1.54) is 5.56 Å². The maximum atomic E-state index is 11.1. The predicted molar refractivity (Wildman–Crippen MR) is 138 cm³/mol. The van der Waals surface area contributed by atoms with Gasteiger partial charge < -0.3 is 14.5 Å². The molecule has 2 aromatic heterocycles. The molecule has 0 spiro atoms. The highest BCUT2D eigenvalue weighted by Crippen LogP contribution is 2.25. The molecule has 2 aliphatic rings. The van der Waals surface area contributed by atoms with Gasteiger partial charge in [0.25, 0.3) is 5.89 Å².